The molecular formula is C10H12F2O3. The van der Waals surface area contributed by atoms with Crippen LogP contribution in [0.5, 0.6) is 11.5 Å². The zero-order valence-electron chi connectivity index (χ0n) is 8.67. The summed E-state index contributed by atoms with van der Waals surface area (Å²) < 4.78 is 36.1. The summed E-state index contributed by atoms with van der Waals surface area (Å²) in [4.78, 5) is 0. The molecule has 3 nitrogen and oxygen atoms in total. The normalized spacial score (nSPS) is 12.4. The number of hydrogen-bond acceptors (Lipinski definition) is 3. The highest BCUT2D eigenvalue weighted by Gasteiger charge is 2.22. The van der Waals surface area contributed by atoms with E-state index >= 15 is 0 Å². The van der Waals surface area contributed by atoms with Gasteiger partial charge in [0.1, 0.15) is 5.82 Å². The Bertz CT molecular complexity index is 364. The molecule has 1 aromatic rings. The largest absolute Gasteiger partial charge is 0.492 e. The molecule has 15 heavy (non-hydrogen) atoms. The molecule has 0 bridgehead atoms. The SMILES string of the molecule is COc1c(F)cc(F)c(C(C)O)c1OC. The molecule has 1 atom stereocenters. The molecule has 0 saturated carbocycles. The van der Waals surface area contributed by atoms with E-state index in [1.165, 1.54) is 21.1 Å². The first-order chi connectivity index (χ1) is 7.02. The molecular weight excluding hydrogens is 206 g/mol. The summed E-state index contributed by atoms with van der Waals surface area (Å²) in [6.45, 7) is 1.36. The first-order valence-electron chi connectivity index (χ1n) is 4.30. The Balaban J connectivity index is 3.49. The molecule has 0 aliphatic heterocycles. The van der Waals surface area contributed by atoms with Gasteiger partial charge in [0.05, 0.1) is 25.9 Å². The summed E-state index contributed by atoms with van der Waals surface area (Å²) in [5.41, 5.74) is -0.115. The van der Waals surface area contributed by atoms with Crippen LogP contribution in [0.4, 0.5) is 8.78 Å². The number of ether oxygens (including phenoxy) is 2. The van der Waals surface area contributed by atoms with Gasteiger partial charge >= 0.3 is 0 Å². The zero-order chi connectivity index (χ0) is 11.6. The minimum Gasteiger partial charge on any atom is -0.492 e. The van der Waals surface area contributed by atoms with Crippen LogP contribution in [-0.2, 0) is 0 Å². The van der Waals surface area contributed by atoms with Crippen molar-refractivity contribution in [3.05, 3.63) is 23.3 Å². The lowest BCUT2D eigenvalue weighted by atomic mass is 10.1. The van der Waals surface area contributed by atoms with E-state index in [9.17, 15) is 13.9 Å². The summed E-state index contributed by atoms with van der Waals surface area (Å²) in [6, 6.07) is 0.656. The number of aliphatic hydroxyl groups excluding tert-OH is 1. The fourth-order valence-corrected chi connectivity index (χ4v) is 1.38. The molecule has 1 unspecified atom stereocenters. The van der Waals surface area contributed by atoms with Crippen LogP contribution in [0.25, 0.3) is 0 Å². The van der Waals surface area contributed by atoms with E-state index in [4.69, 9.17) is 9.47 Å². The van der Waals surface area contributed by atoms with Gasteiger partial charge in [-0.2, -0.15) is 0 Å². The Labute approximate surface area is 86.2 Å². The van der Waals surface area contributed by atoms with Crippen LogP contribution >= 0.6 is 0 Å². The molecule has 0 radical (unpaired) electrons. The fraction of sp³-hybridized carbons (Fsp3) is 0.400. The van der Waals surface area contributed by atoms with Crippen molar-refractivity contribution < 1.29 is 23.4 Å². The van der Waals surface area contributed by atoms with E-state index in [0.717, 1.165) is 0 Å². The van der Waals surface area contributed by atoms with Crippen molar-refractivity contribution in [2.75, 3.05) is 14.2 Å². The Hall–Kier alpha value is -1.36. The number of halogens is 2. The van der Waals surface area contributed by atoms with Gasteiger partial charge in [0.25, 0.3) is 0 Å². The van der Waals surface area contributed by atoms with Gasteiger partial charge in [0.15, 0.2) is 17.3 Å². The van der Waals surface area contributed by atoms with Crippen LogP contribution in [0.2, 0.25) is 0 Å². The van der Waals surface area contributed by atoms with Gasteiger partial charge in [0.2, 0.25) is 0 Å². The maximum Gasteiger partial charge on any atom is 0.197 e. The molecule has 1 aromatic carbocycles. The van der Waals surface area contributed by atoms with E-state index in [0.29, 0.717) is 6.07 Å². The van der Waals surface area contributed by atoms with E-state index in [1.54, 1.807) is 0 Å². The average molecular weight is 218 g/mol. The Kier molecular flexibility index (Phi) is 3.47. The fourth-order valence-electron chi connectivity index (χ4n) is 1.38. The molecule has 1 N–H and O–H groups in total. The maximum atomic E-state index is 13.3. The van der Waals surface area contributed by atoms with Gasteiger partial charge in [0, 0.05) is 6.07 Å². The highest BCUT2D eigenvalue weighted by atomic mass is 19.1. The topological polar surface area (TPSA) is 38.7 Å². The Morgan fingerprint density at radius 3 is 2.07 bits per heavy atom. The predicted molar refractivity (Wildman–Crippen MR) is 50.1 cm³/mol. The van der Waals surface area contributed by atoms with Gasteiger partial charge < -0.3 is 14.6 Å². The number of rotatable bonds is 3. The molecule has 0 heterocycles. The molecule has 0 aliphatic carbocycles. The standard InChI is InChI=1S/C10H12F2O3/c1-5(13)8-6(11)4-7(12)9(14-2)10(8)15-3/h4-5,13H,1-3H3. The molecule has 1 rings (SSSR count). The van der Waals surface area contributed by atoms with Gasteiger partial charge in [-0.3, -0.25) is 0 Å². The van der Waals surface area contributed by atoms with Crippen LogP contribution < -0.4 is 9.47 Å². The zero-order valence-corrected chi connectivity index (χ0v) is 8.67. The second-order valence-electron chi connectivity index (χ2n) is 3.00. The Morgan fingerprint density at radius 1 is 1.13 bits per heavy atom. The molecule has 5 heteroatoms. The first-order valence-corrected chi connectivity index (χ1v) is 4.30. The summed E-state index contributed by atoms with van der Waals surface area (Å²) >= 11 is 0. The lowest BCUT2D eigenvalue weighted by molar-refractivity contribution is 0.186. The highest BCUT2D eigenvalue weighted by Crippen LogP contribution is 2.38. The first kappa shape index (κ1) is 11.7. The van der Waals surface area contributed by atoms with Crippen LogP contribution in [0.1, 0.15) is 18.6 Å². The lowest BCUT2D eigenvalue weighted by Gasteiger charge is -2.15. The van der Waals surface area contributed by atoms with Gasteiger partial charge in [-0.15, -0.1) is 0 Å². The monoisotopic (exact) mass is 218 g/mol. The third-order valence-electron chi connectivity index (χ3n) is 2.00. The van der Waals surface area contributed by atoms with Gasteiger partial charge in [-0.1, -0.05) is 0 Å². The van der Waals surface area contributed by atoms with Crippen molar-refractivity contribution in [1.82, 2.24) is 0 Å². The average Bonchev–Trinajstić information content (AvgIpc) is 2.15. The smallest absolute Gasteiger partial charge is 0.197 e. The summed E-state index contributed by atoms with van der Waals surface area (Å²) in [5, 5.41) is 9.33. The van der Waals surface area contributed by atoms with Gasteiger partial charge in [-0.25, -0.2) is 8.78 Å². The van der Waals surface area contributed by atoms with Crippen molar-refractivity contribution >= 4 is 0 Å². The molecule has 84 valence electrons. The van der Waals surface area contributed by atoms with Gasteiger partial charge in [-0.05, 0) is 6.92 Å². The summed E-state index contributed by atoms with van der Waals surface area (Å²) in [5.74, 6) is -2.06. The van der Waals surface area contributed by atoms with Crippen LogP contribution in [0, 0.1) is 11.6 Å². The van der Waals surface area contributed by atoms with Crippen molar-refractivity contribution in [3.8, 4) is 11.5 Å². The predicted octanol–water partition coefficient (Wildman–Crippen LogP) is 2.04. The third kappa shape index (κ3) is 2.02. The number of methoxy groups -OCH3 is 2. The van der Waals surface area contributed by atoms with Crippen molar-refractivity contribution in [2.45, 2.75) is 13.0 Å². The van der Waals surface area contributed by atoms with Crippen molar-refractivity contribution in [1.29, 1.82) is 0 Å². The Morgan fingerprint density at radius 2 is 1.67 bits per heavy atom. The number of aliphatic hydroxyl groups is 1. The van der Waals surface area contributed by atoms with Crippen molar-refractivity contribution in [2.24, 2.45) is 0 Å². The number of benzene rings is 1. The maximum absolute atomic E-state index is 13.3. The third-order valence-corrected chi connectivity index (χ3v) is 2.00. The molecule has 0 amide bonds. The second-order valence-corrected chi connectivity index (χ2v) is 3.00. The minimum atomic E-state index is -1.10. The molecule has 0 fully saturated rings. The van der Waals surface area contributed by atoms with Crippen LogP contribution in [-0.4, -0.2) is 19.3 Å². The second kappa shape index (κ2) is 4.44. The van der Waals surface area contributed by atoms with Crippen LogP contribution in [0.3, 0.4) is 0 Å². The van der Waals surface area contributed by atoms with E-state index in [1.807, 2.05) is 0 Å². The van der Waals surface area contributed by atoms with Crippen LogP contribution in [0.15, 0.2) is 6.07 Å². The molecule has 0 spiro atoms. The molecule has 0 aliphatic rings. The quantitative estimate of drug-likeness (QED) is 0.843. The summed E-state index contributed by atoms with van der Waals surface area (Å²) in [6.07, 6.45) is -1.10. The summed E-state index contributed by atoms with van der Waals surface area (Å²) in [7, 11) is 2.49. The molecule has 0 aromatic heterocycles. The van der Waals surface area contributed by atoms with E-state index in [2.05, 4.69) is 0 Å². The highest BCUT2D eigenvalue weighted by molar-refractivity contribution is 5.49. The lowest BCUT2D eigenvalue weighted by Crippen LogP contribution is -2.04. The van der Waals surface area contributed by atoms with Crippen molar-refractivity contribution in [3.63, 3.8) is 0 Å². The van der Waals surface area contributed by atoms with E-state index in [-0.39, 0.29) is 17.1 Å². The minimum absolute atomic E-state index is 0.115. The molecule has 0 saturated heterocycles. The van der Waals surface area contributed by atoms with E-state index < -0.39 is 17.7 Å². The number of hydrogen-bond donors (Lipinski definition) is 1.